The molecule has 1 aromatic heterocycles. The normalized spacial score (nSPS) is 10.8. The number of aromatic nitrogens is 4. The minimum atomic E-state index is 0.559. The van der Waals surface area contributed by atoms with E-state index in [1.165, 1.54) is 11.1 Å². The summed E-state index contributed by atoms with van der Waals surface area (Å²) in [6, 6.07) is 11.3. The van der Waals surface area contributed by atoms with Crippen molar-refractivity contribution in [1.82, 2.24) is 20.2 Å². The molecule has 2 N–H and O–H groups in total. The first-order chi connectivity index (χ1) is 10.1. The van der Waals surface area contributed by atoms with Crippen molar-refractivity contribution in [2.75, 3.05) is 5.73 Å². The second-order valence-electron chi connectivity index (χ2n) is 4.92. The smallest absolute Gasteiger partial charge is 0.188 e. The third-order valence-electron chi connectivity index (χ3n) is 3.44. The van der Waals surface area contributed by atoms with Crippen LogP contribution in [0.25, 0.3) is 17.1 Å². The molecule has 0 aliphatic rings. The Morgan fingerprint density at radius 3 is 2.62 bits per heavy atom. The first-order valence-electron chi connectivity index (χ1n) is 6.47. The fourth-order valence-electron chi connectivity index (χ4n) is 2.10. The van der Waals surface area contributed by atoms with Crippen LogP contribution in [0.15, 0.2) is 36.4 Å². The summed E-state index contributed by atoms with van der Waals surface area (Å²) < 4.78 is 1.66. The van der Waals surface area contributed by atoms with Gasteiger partial charge >= 0.3 is 0 Å². The number of anilines is 1. The van der Waals surface area contributed by atoms with Gasteiger partial charge in [-0.1, -0.05) is 17.7 Å². The molecule has 2 aromatic carbocycles. The van der Waals surface area contributed by atoms with E-state index >= 15 is 0 Å². The van der Waals surface area contributed by atoms with Crippen LogP contribution >= 0.6 is 11.6 Å². The summed E-state index contributed by atoms with van der Waals surface area (Å²) in [4.78, 5) is 0. The van der Waals surface area contributed by atoms with Gasteiger partial charge in [-0.05, 0) is 65.7 Å². The van der Waals surface area contributed by atoms with Gasteiger partial charge in [0.05, 0.1) is 10.7 Å². The summed E-state index contributed by atoms with van der Waals surface area (Å²) in [6.07, 6.45) is 0. The zero-order valence-corrected chi connectivity index (χ0v) is 12.5. The van der Waals surface area contributed by atoms with E-state index in [1.807, 2.05) is 18.2 Å². The Bertz CT molecular complexity index is 810. The van der Waals surface area contributed by atoms with Crippen molar-refractivity contribution in [2.24, 2.45) is 0 Å². The van der Waals surface area contributed by atoms with Crippen molar-refractivity contribution in [2.45, 2.75) is 13.8 Å². The van der Waals surface area contributed by atoms with Gasteiger partial charge in [0.2, 0.25) is 0 Å². The molecular formula is C15H14ClN5. The molecule has 1 heterocycles. The first kappa shape index (κ1) is 13.6. The maximum Gasteiger partial charge on any atom is 0.188 e. The van der Waals surface area contributed by atoms with Crippen LogP contribution in [0.4, 0.5) is 5.69 Å². The zero-order valence-electron chi connectivity index (χ0n) is 11.7. The molecule has 0 aliphatic heterocycles. The van der Waals surface area contributed by atoms with Crippen LogP contribution in [0.1, 0.15) is 11.1 Å². The number of tetrazole rings is 1. The Balaban J connectivity index is 2.17. The average Bonchev–Trinajstić information content (AvgIpc) is 2.93. The van der Waals surface area contributed by atoms with Gasteiger partial charge in [0.15, 0.2) is 5.82 Å². The minimum absolute atomic E-state index is 0.559. The van der Waals surface area contributed by atoms with Crippen LogP contribution in [0.3, 0.4) is 0 Å². The van der Waals surface area contributed by atoms with Gasteiger partial charge in [0.25, 0.3) is 0 Å². The van der Waals surface area contributed by atoms with E-state index in [-0.39, 0.29) is 0 Å². The van der Waals surface area contributed by atoms with E-state index in [0.717, 1.165) is 5.69 Å². The number of halogens is 1. The summed E-state index contributed by atoms with van der Waals surface area (Å²) in [5, 5.41) is 12.5. The molecule has 0 radical (unpaired) electrons. The maximum absolute atomic E-state index is 6.24. The second-order valence-corrected chi connectivity index (χ2v) is 5.33. The average molecular weight is 300 g/mol. The van der Waals surface area contributed by atoms with Gasteiger partial charge in [-0.3, -0.25) is 0 Å². The number of aryl methyl sites for hydroxylation is 2. The maximum atomic E-state index is 6.24. The predicted octanol–water partition coefficient (Wildman–Crippen LogP) is 3.18. The second kappa shape index (κ2) is 5.18. The Hall–Kier alpha value is -2.40. The number of hydrogen-bond acceptors (Lipinski definition) is 4. The van der Waals surface area contributed by atoms with E-state index < -0.39 is 0 Å². The molecule has 0 fully saturated rings. The summed E-state index contributed by atoms with van der Waals surface area (Å²) in [5.41, 5.74) is 10.4. The van der Waals surface area contributed by atoms with E-state index in [2.05, 4.69) is 29.4 Å². The Labute approximate surface area is 127 Å². The van der Waals surface area contributed by atoms with Gasteiger partial charge in [-0.2, -0.15) is 4.68 Å². The number of benzene rings is 2. The number of nitrogens with zero attached hydrogens (tertiary/aromatic N) is 4. The summed E-state index contributed by atoms with van der Waals surface area (Å²) >= 11 is 6.24. The Morgan fingerprint density at radius 2 is 1.86 bits per heavy atom. The van der Waals surface area contributed by atoms with Gasteiger partial charge < -0.3 is 5.73 Å². The molecule has 21 heavy (non-hydrogen) atoms. The van der Waals surface area contributed by atoms with Gasteiger partial charge in [-0.25, -0.2) is 0 Å². The number of hydrogen-bond donors (Lipinski definition) is 1. The third-order valence-corrected chi connectivity index (χ3v) is 3.77. The molecule has 0 spiro atoms. The van der Waals surface area contributed by atoms with Crippen LogP contribution in [-0.2, 0) is 0 Å². The molecule has 0 atom stereocenters. The van der Waals surface area contributed by atoms with Crippen molar-refractivity contribution < 1.29 is 0 Å². The topological polar surface area (TPSA) is 69.6 Å². The first-order valence-corrected chi connectivity index (χ1v) is 6.85. The fourth-order valence-corrected chi connectivity index (χ4v) is 2.30. The standard InChI is InChI=1S/C15H14ClN5/c1-9-3-5-12(7-10(9)2)21-15(18-19-20-21)13-8-11(17)4-6-14(13)16/h3-8H,17H2,1-2H3. The summed E-state index contributed by atoms with van der Waals surface area (Å²) in [7, 11) is 0. The lowest BCUT2D eigenvalue weighted by Gasteiger charge is -2.08. The molecule has 0 saturated carbocycles. The lowest BCUT2D eigenvalue weighted by molar-refractivity contribution is 0.790. The minimum Gasteiger partial charge on any atom is -0.399 e. The van der Waals surface area contributed by atoms with Crippen molar-refractivity contribution in [1.29, 1.82) is 0 Å². The SMILES string of the molecule is Cc1ccc(-n2nnnc2-c2cc(N)ccc2Cl)cc1C. The highest BCUT2D eigenvalue weighted by Crippen LogP contribution is 2.29. The predicted molar refractivity (Wildman–Crippen MR) is 83.5 cm³/mol. The highest BCUT2D eigenvalue weighted by Gasteiger charge is 2.14. The monoisotopic (exact) mass is 299 g/mol. The molecular weight excluding hydrogens is 286 g/mol. The van der Waals surface area contributed by atoms with Crippen LogP contribution in [0.5, 0.6) is 0 Å². The van der Waals surface area contributed by atoms with Crippen molar-refractivity contribution in [3.05, 3.63) is 52.5 Å². The number of nitrogen functional groups attached to an aromatic ring is 1. The fraction of sp³-hybridized carbons (Fsp3) is 0.133. The molecule has 0 bridgehead atoms. The van der Waals surface area contributed by atoms with Crippen LogP contribution in [0.2, 0.25) is 5.02 Å². The largest absolute Gasteiger partial charge is 0.399 e. The number of rotatable bonds is 2. The van der Waals surface area contributed by atoms with Crippen molar-refractivity contribution in [3.8, 4) is 17.1 Å². The highest BCUT2D eigenvalue weighted by atomic mass is 35.5. The Kier molecular flexibility index (Phi) is 3.35. The molecule has 106 valence electrons. The van der Waals surface area contributed by atoms with Gasteiger partial charge in [0.1, 0.15) is 0 Å². The third kappa shape index (κ3) is 2.48. The molecule has 0 saturated heterocycles. The molecule has 0 unspecified atom stereocenters. The van der Waals surface area contributed by atoms with E-state index in [0.29, 0.717) is 22.1 Å². The molecule has 3 aromatic rings. The lowest BCUT2D eigenvalue weighted by Crippen LogP contribution is -2.01. The molecule has 0 amide bonds. The van der Waals surface area contributed by atoms with Crippen LogP contribution < -0.4 is 5.73 Å². The summed E-state index contributed by atoms with van der Waals surface area (Å²) in [5.74, 6) is 0.565. The Morgan fingerprint density at radius 1 is 1.05 bits per heavy atom. The quantitative estimate of drug-likeness (QED) is 0.738. The van der Waals surface area contributed by atoms with E-state index in [1.54, 1.807) is 22.9 Å². The zero-order chi connectivity index (χ0) is 15.0. The van der Waals surface area contributed by atoms with Crippen LogP contribution in [-0.4, -0.2) is 20.2 Å². The number of nitrogens with two attached hydrogens (primary N) is 1. The van der Waals surface area contributed by atoms with Crippen molar-refractivity contribution >= 4 is 17.3 Å². The lowest BCUT2D eigenvalue weighted by atomic mass is 10.1. The molecule has 6 heteroatoms. The van der Waals surface area contributed by atoms with Gasteiger partial charge in [-0.15, -0.1) is 5.10 Å². The molecule has 5 nitrogen and oxygen atoms in total. The van der Waals surface area contributed by atoms with Crippen molar-refractivity contribution in [3.63, 3.8) is 0 Å². The van der Waals surface area contributed by atoms with Crippen LogP contribution in [0, 0.1) is 13.8 Å². The molecule has 0 aliphatic carbocycles. The molecule has 3 rings (SSSR count). The van der Waals surface area contributed by atoms with E-state index in [4.69, 9.17) is 17.3 Å². The van der Waals surface area contributed by atoms with E-state index in [9.17, 15) is 0 Å². The summed E-state index contributed by atoms with van der Waals surface area (Å²) in [6.45, 7) is 4.12. The highest BCUT2D eigenvalue weighted by molar-refractivity contribution is 6.33. The van der Waals surface area contributed by atoms with Gasteiger partial charge in [0, 0.05) is 11.3 Å².